The van der Waals surface area contributed by atoms with E-state index in [0.29, 0.717) is 13.1 Å². The summed E-state index contributed by atoms with van der Waals surface area (Å²) in [6.45, 7) is 5.07. The van der Waals surface area contributed by atoms with Crippen molar-refractivity contribution < 1.29 is 13.9 Å². The number of nitrogens with one attached hydrogen (secondary N) is 2. The fraction of sp³-hybridized carbons (Fsp3) is 0.333. The first-order chi connectivity index (χ1) is 12.1. The number of carbonyl (C=O) groups excluding carboxylic acids is 1. The molecular formula is C18H22N4O3. The summed E-state index contributed by atoms with van der Waals surface area (Å²) in [6.07, 6.45) is 5.28. The van der Waals surface area contributed by atoms with E-state index in [0.717, 1.165) is 28.0 Å². The van der Waals surface area contributed by atoms with Crippen molar-refractivity contribution in [3.8, 4) is 5.75 Å². The normalized spacial score (nSPS) is 12.1. The summed E-state index contributed by atoms with van der Waals surface area (Å²) in [7, 11) is 1.63. The molecule has 1 aromatic carbocycles. The van der Waals surface area contributed by atoms with E-state index in [1.807, 2.05) is 42.8 Å². The van der Waals surface area contributed by atoms with E-state index in [2.05, 4.69) is 15.6 Å². The number of aryl methyl sites for hydroxylation is 1. The average molecular weight is 342 g/mol. The Morgan fingerprint density at radius 3 is 3.00 bits per heavy atom. The van der Waals surface area contributed by atoms with E-state index in [-0.39, 0.29) is 12.1 Å². The van der Waals surface area contributed by atoms with E-state index in [4.69, 9.17) is 9.15 Å². The number of hydrogen-bond acceptors (Lipinski definition) is 4. The van der Waals surface area contributed by atoms with Crippen LogP contribution in [0.5, 0.6) is 5.75 Å². The molecule has 1 atom stereocenters. The summed E-state index contributed by atoms with van der Waals surface area (Å²) >= 11 is 0. The molecule has 7 heteroatoms. The third-order valence-electron chi connectivity index (χ3n) is 4.14. The van der Waals surface area contributed by atoms with Gasteiger partial charge in [-0.2, -0.15) is 0 Å². The van der Waals surface area contributed by atoms with Gasteiger partial charge < -0.3 is 24.4 Å². The van der Waals surface area contributed by atoms with Crippen LogP contribution in [0.1, 0.15) is 24.3 Å². The first-order valence-electron chi connectivity index (χ1n) is 8.15. The second kappa shape index (κ2) is 7.29. The van der Waals surface area contributed by atoms with E-state index in [1.165, 1.54) is 0 Å². The molecule has 7 nitrogen and oxygen atoms in total. The molecule has 2 heterocycles. The first-order valence-corrected chi connectivity index (χ1v) is 8.15. The summed E-state index contributed by atoms with van der Waals surface area (Å²) in [6, 6.07) is 5.20. The minimum Gasteiger partial charge on any atom is -0.497 e. The van der Waals surface area contributed by atoms with E-state index >= 15 is 0 Å². The van der Waals surface area contributed by atoms with Gasteiger partial charge in [-0.15, -0.1) is 0 Å². The van der Waals surface area contributed by atoms with Crippen LogP contribution in [0.15, 0.2) is 41.3 Å². The highest BCUT2D eigenvalue weighted by Crippen LogP contribution is 2.31. The first kappa shape index (κ1) is 16.9. The number of imidazole rings is 1. The van der Waals surface area contributed by atoms with Gasteiger partial charge in [-0.25, -0.2) is 9.78 Å². The molecule has 25 heavy (non-hydrogen) atoms. The van der Waals surface area contributed by atoms with Crippen LogP contribution in [0.4, 0.5) is 4.79 Å². The number of benzene rings is 1. The zero-order valence-corrected chi connectivity index (χ0v) is 14.6. The summed E-state index contributed by atoms with van der Waals surface area (Å²) in [5, 5.41) is 6.73. The Morgan fingerprint density at radius 2 is 2.28 bits per heavy atom. The molecule has 0 radical (unpaired) electrons. The van der Waals surface area contributed by atoms with Crippen LogP contribution in [-0.2, 0) is 6.54 Å². The number of amides is 2. The van der Waals surface area contributed by atoms with E-state index in [1.54, 1.807) is 19.6 Å². The highest BCUT2D eigenvalue weighted by atomic mass is 16.5. The second-order valence-electron chi connectivity index (χ2n) is 5.88. The summed E-state index contributed by atoms with van der Waals surface area (Å²) in [4.78, 5) is 16.0. The second-order valence-corrected chi connectivity index (χ2v) is 5.88. The molecule has 0 aliphatic heterocycles. The molecule has 0 aliphatic rings. The van der Waals surface area contributed by atoms with Crippen LogP contribution in [0, 0.1) is 6.92 Å². The number of methoxy groups -OCH3 is 1. The van der Waals surface area contributed by atoms with Gasteiger partial charge in [0.15, 0.2) is 0 Å². The van der Waals surface area contributed by atoms with Crippen LogP contribution in [0.2, 0.25) is 0 Å². The highest BCUT2D eigenvalue weighted by Gasteiger charge is 2.18. The quantitative estimate of drug-likeness (QED) is 0.721. The Bertz CT molecular complexity index is 855. The number of hydrogen-bond donors (Lipinski definition) is 2. The average Bonchev–Trinajstić information content (AvgIpc) is 3.23. The van der Waals surface area contributed by atoms with Crippen molar-refractivity contribution in [2.24, 2.45) is 0 Å². The molecule has 0 saturated carbocycles. The van der Waals surface area contributed by atoms with Crippen LogP contribution in [-0.4, -0.2) is 29.2 Å². The maximum Gasteiger partial charge on any atom is 0.315 e. The van der Waals surface area contributed by atoms with Crippen LogP contribution >= 0.6 is 0 Å². The summed E-state index contributed by atoms with van der Waals surface area (Å²) < 4.78 is 13.1. The van der Waals surface area contributed by atoms with Gasteiger partial charge >= 0.3 is 6.03 Å². The number of fused-ring (bicyclic) bond motifs is 1. The zero-order valence-electron chi connectivity index (χ0n) is 14.6. The third-order valence-corrected chi connectivity index (χ3v) is 4.14. The Balaban J connectivity index is 1.62. The Kier molecular flexibility index (Phi) is 4.92. The number of carbonyl (C=O) groups is 1. The molecule has 0 fully saturated rings. The lowest BCUT2D eigenvalue weighted by molar-refractivity contribution is 0.236. The van der Waals surface area contributed by atoms with Gasteiger partial charge in [-0.05, 0) is 32.0 Å². The standard InChI is InChI=1S/C18H22N4O3/c1-12-15-10-14(24-3)4-5-16(15)25-17(12)13(2)21-18(23)20-7-9-22-8-6-19-11-22/h4-6,8,10-11,13H,7,9H2,1-3H3,(H2,20,21,23)/t13-/m1/s1. The lowest BCUT2D eigenvalue weighted by atomic mass is 10.1. The largest absolute Gasteiger partial charge is 0.497 e. The smallest absolute Gasteiger partial charge is 0.315 e. The van der Waals surface area contributed by atoms with E-state index in [9.17, 15) is 4.79 Å². The number of furan rings is 1. The SMILES string of the molecule is COc1ccc2oc([C@@H](C)NC(=O)NCCn3ccnc3)c(C)c2c1. The number of urea groups is 1. The molecule has 2 aromatic heterocycles. The van der Waals surface area contributed by atoms with Gasteiger partial charge in [0.05, 0.1) is 19.5 Å². The molecule has 0 aliphatic carbocycles. The zero-order chi connectivity index (χ0) is 17.8. The number of aromatic nitrogens is 2. The minimum atomic E-state index is -0.244. The summed E-state index contributed by atoms with van der Waals surface area (Å²) in [5.74, 6) is 1.52. The fourth-order valence-corrected chi connectivity index (χ4v) is 2.79. The van der Waals surface area contributed by atoms with Crippen molar-refractivity contribution in [1.29, 1.82) is 0 Å². The number of rotatable bonds is 6. The molecule has 0 spiro atoms. The van der Waals surface area contributed by atoms with Gasteiger partial charge in [0.1, 0.15) is 17.1 Å². The van der Waals surface area contributed by atoms with Gasteiger partial charge in [-0.1, -0.05) is 0 Å². The molecular weight excluding hydrogens is 320 g/mol. The van der Waals surface area contributed by atoms with E-state index < -0.39 is 0 Å². The predicted molar refractivity (Wildman–Crippen MR) is 94.7 cm³/mol. The Labute approximate surface area is 146 Å². The molecule has 2 amide bonds. The van der Waals surface area contributed by atoms with Gasteiger partial charge in [-0.3, -0.25) is 0 Å². The third kappa shape index (κ3) is 3.76. The maximum absolute atomic E-state index is 12.1. The van der Waals surface area contributed by atoms with Crippen molar-refractivity contribution in [2.45, 2.75) is 26.4 Å². The number of nitrogens with zero attached hydrogens (tertiary/aromatic N) is 2. The van der Waals surface area contributed by atoms with Crippen molar-refractivity contribution in [3.63, 3.8) is 0 Å². The molecule has 3 aromatic rings. The fourth-order valence-electron chi connectivity index (χ4n) is 2.79. The monoisotopic (exact) mass is 342 g/mol. The molecule has 0 unspecified atom stereocenters. The topological polar surface area (TPSA) is 81.3 Å². The van der Waals surface area contributed by atoms with Crippen LogP contribution in [0.25, 0.3) is 11.0 Å². The maximum atomic E-state index is 12.1. The minimum absolute atomic E-state index is 0.231. The van der Waals surface area contributed by atoms with Gasteiger partial charge in [0.25, 0.3) is 0 Å². The number of ether oxygens (including phenoxy) is 1. The Hall–Kier alpha value is -2.96. The molecule has 2 N–H and O–H groups in total. The lowest BCUT2D eigenvalue weighted by Gasteiger charge is -2.13. The lowest BCUT2D eigenvalue weighted by Crippen LogP contribution is -2.38. The molecule has 3 rings (SSSR count). The van der Waals surface area contributed by atoms with Gasteiger partial charge in [0, 0.05) is 36.4 Å². The predicted octanol–water partition coefficient (Wildman–Crippen LogP) is 3.01. The van der Waals surface area contributed by atoms with Crippen LogP contribution in [0.3, 0.4) is 0 Å². The van der Waals surface area contributed by atoms with Crippen molar-refractivity contribution in [3.05, 3.63) is 48.2 Å². The molecule has 0 bridgehead atoms. The van der Waals surface area contributed by atoms with Crippen molar-refractivity contribution in [2.75, 3.05) is 13.7 Å². The highest BCUT2D eigenvalue weighted by molar-refractivity contribution is 5.84. The Morgan fingerprint density at radius 1 is 1.44 bits per heavy atom. The van der Waals surface area contributed by atoms with Crippen molar-refractivity contribution >= 4 is 17.0 Å². The van der Waals surface area contributed by atoms with Gasteiger partial charge in [0.2, 0.25) is 0 Å². The van der Waals surface area contributed by atoms with Crippen molar-refractivity contribution in [1.82, 2.24) is 20.2 Å². The summed E-state index contributed by atoms with van der Waals surface area (Å²) in [5.41, 5.74) is 1.78. The molecule has 0 saturated heterocycles. The van der Waals surface area contributed by atoms with Crippen LogP contribution < -0.4 is 15.4 Å². The molecule has 132 valence electrons.